The Labute approximate surface area is 123 Å². The van der Waals surface area contributed by atoms with Crippen LogP contribution in [0.3, 0.4) is 0 Å². The Balaban J connectivity index is 1.67. The minimum atomic E-state index is -0.245. The average Bonchev–Trinajstić information content (AvgIpc) is 2.95. The Bertz CT molecular complexity index is 697. The highest BCUT2D eigenvalue weighted by Gasteiger charge is 2.13. The Morgan fingerprint density at radius 2 is 2.14 bits per heavy atom. The van der Waals surface area contributed by atoms with Crippen LogP contribution in [0.15, 0.2) is 36.4 Å². The molecule has 0 saturated carbocycles. The van der Waals surface area contributed by atoms with Crippen molar-refractivity contribution >= 4 is 11.6 Å². The number of rotatable bonds is 3. The molecule has 0 saturated heterocycles. The third-order valence-electron chi connectivity index (χ3n) is 3.77. The molecular weight excluding hydrogens is 267 g/mol. The van der Waals surface area contributed by atoms with Gasteiger partial charge in [-0.15, -0.1) is 0 Å². The molecule has 1 aliphatic heterocycles. The SMILES string of the molecule is Cc1ccc(CNC(=O)c2ccc3c(c2)CCN3)cc1F. The van der Waals surface area contributed by atoms with E-state index in [0.717, 1.165) is 24.2 Å². The number of anilines is 1. The fourth-order valence-electron chi connectivity index (χ4n) is 2.48. The first-order valence-corrected chi connectivity index (χ1v) is 7.03. The van der Waals surface area contributed by atoms with Crippen LogP contribution in [0.5, 0.6) is 0 Å². The summed E-state index contributed by atoms with van der Waals surface area (Å²) in [5.41, 5.74) is 4.28. The number of nitrogens with one attached hydrogen (secondary N) is 2. The Morgan fingerprint density at radius 1 is 1.29 bits per heavy atom. The summed E-state index contributed by atoms with van der Waals surface area (Å²) in [6, 6.07) is 10.7. The van der Waals surface area contributed by atoms with Crippen molar-refractivity contribution in [3.05, 3.63) is 64.5 Å². The minimum absolute atomic E-state index is 0.134. The van der Waals surface area contributed by atoms with Gasteiger partial charge in [-0.2, -0.15) is 0 Å². The first-order chi connectivity index (χ1) is 10.1. The van der Waals surface area contributed by atoms with Crippen LogP contribution in [0.25, 0.3) is 0 Å². The van der Waals surface area contributed by atoms with Gasteiger partial charge in [-0.3, -0.25) is 4.79 Å². The van der Waals surface area contributed by atoms with Crippen molar-refractivity contribution in [2.75, 3.05) is 11.9 Å². The van der Waals surface area contributed by atoms with E-state index in [9.17, 15) is 9.18 Å². The number of aryl methyl sites for hydroxylation is 1. The molecule has 0 aromatic heterocycles. The van der Waals surface area contributed by atoms with Gasteiger partial charge >= 0.3 is 0 Å². The highest BCUT2D eigenvalue weighted by atomic mass is 19.1. The molecule has 0 atom stereocenters. The van der Waals surface area contributed by atoms with Gasteiger partial charge in [-0.05, 0) is 54.3 Å². The number of fused-ring (bicyclic) bond motifs is 1. The zero-order valence-electron chi connectivity index (χ0n) is 11.9. The third-order valence-corrected chi connectivity index (χ3v) is 3.77. The van der Waals surface area contributed by atoms with Crippen LogP contribution in [0, 0.1) is 12.7 Å². The van der Waals surface area contributed by atoms with Gasteiger partial charge in [0.25, 0.3) is 5.91 Å². The van der Waals surface area contributed by atoms with E-state index in [2.05, 4.69) is 10.6 Å². The average molecular weight is 284 g/mol. The smallest absolute Gasteiger partial charge is 0.251 e. The van der Waals surface area contributed by atoms with Crippen molar-refractivity contribution in [3.8, 4) is 0 Å². The van der Waals surface area contributed by atoms with Gasteiger partial charge in [-0.25, -0.2) is 4.39 Å². The van der Waals surface area contributed by atoms with Crippen molar-refractivity contribution in [2.45, 2.75) is 19.9 Å². The van der Waals surface area contributed by atoms with Crippen LogP contribution in [0.1, 0.15) is 27.0 Å². The Morgan fingerprint density at radius 3 is 2.95 bits per heavy atom. The normalized spacial score (nSPS) is 12.7. The predicted molar refractivity (Wildman–Crippen MR) is 80.9 cm³/mol. The number of benzene rings is 2. The van der Waals surface area contributed by atoms with Gasteiger partial charge in [0.1, 0.15) is 5.82 Å². The lowest BCUT2D eigenvalue weighted by molar-refractivity contribution is 0.0951. The van der Waals surface area contributed by atoms with Gasteiger partial charge in [0.15, 0.2) is 0 Å². The number of halogens is 1. The fraction of sp³-hybridized carbons (Fsp3) is 0.235. The van der Waals surface area contributed by atoms with Crippen molar-refractivity contribution in [3.63, 3.8) is 0 Å². The number of carbonyl (C=O) groups is 1. The quantitative estimate of drug-likeness (QED) is 0.909. The van der Waals surface area contributed by atoms with Crippen LogP contribution in [-0.4, -0.2) is 12.5 Å². The second-order valence-corrected chi connectivity index (χ2v) is 5.31. The van der Waals surface area contributed by atoms with E-state index in [1.807, 2.05) is 24.3 Å². The summed E-state index contributed by atoms with van der Waals surface area (Å²) in [4.78, 5) is 12.1. The molecule has 0 radical (unpaired) electrons. The first kappa shape index (κ1) is 13.6. The fourth-order valence-corrected chi connectivity index (χ4v) is 2.48. The summed E-state index contributed by atoms with van der Waals surface area (Å²) >= 11 is 0. The minimum Gasteiger partial charge on any atom is -0.384 e. The monoisotopic (exact) mass is 284 g/mol. The van der Waals surface area contributed by atoms with E-state index in [1.54, 1.807) is 13.0 Å². The molecular formula is C17H17FN2O. The van der Waals surface area contributed by atoms with Gasteiger partial charge in [-0.1, -0.05) is 12.1 Å². The molecule has 0 spiro atoms. The maximum Gasteiger partial charge on any atom is 0.251 e. The molecule has 1 amide bonds. The third kappa shape index (κ3) is 2.89. The maximum atomic E-state index is 13.5. The molecule has 2 aromatic rings. The summed E-state index contributed by atoms with van der Waals surface area (Å²) in [7, 11) is 0. The summed E-state index contributed by atoms with van der Waals surface area (Å²) in [5.74, 6) is -0.379. The lowest BCUT2D eigenvalue weighted by atomic mass is 10.1. The zero-order valence-corrected chi connectivity index (χ0v) is 11.9. The van der Waals surface area contributed by atoms with Crippen LogP contribution in [0.2, 0.25) is 0 Å². The van der Waals surface area contributed by atoms with Crippen LogP contribution >= 0.6 is 0 Å². The van der Waals surface area contributed by atoms with E-state index in [-0.39, 0.29) is 11.7 Å². The second-order valence-electron chi connectivity index (χ2n) is 5.31. The van der Waals surface area contributed by atoms with Crippen molar-refractivity contribution in [1.82, 2.24) is 5.32 Å². The number of hydrogen-bond donors (Lipinski definition) is 2. The summed E-state index contributed by atoms with van der Waals surface area (Å²) in [5, 5.41) is 6.09. The van der Waals surface area contributed by atoms with Gasteiger partial charge in [0.2, 0.25) is 0 Å². The van der Waals surface area contributed by atoms with Crippen LogP contribution < -0.4 is 10.6 Å². The highest BCUT2D eigenvalue weighted by molar-refractivity contribution is 5.95. The molecule has 1 aliphatic rings. The lowest BCUT2D eigenvalue weighted by Crippen LogP contribution is -2.22. The number of amides is 1. The molecule has 4 heteroatoms. The van der Waals surface area contributed by atoms with E-state index in [0.29, 0.717) is 17.7 Å². The van der Waals surface area contributed by atoms with E-state index in [4.69, 9.17) is 0 Å². The summed E-state index contributed by atoms with van der Waals surface area (Å²) < 4.78 is 13.5. The molecule has 108 valence electrons. The molecule has 2 N–H and O–H groups in total. The topological polar surface area (TPSA) is 41.1 Å². The number of hydrogen-bond acceptors (Lipinski definition) is 2. The van der Waals surface area contributed by atoms with Gasteiger partial charge in [0.05, 0.1) is 0 Å². The first-order valence-electron chi connectivity index (χ1n) is 7.03. The van der Waals surface area contributed by atoms with Crippen LogP contribution in [0.4, 0.5) is 10.1 Å². The summed E-state index contributed by atoms with van der Waals surface area (Å²) in [6.45, 7) is 2.96. The predicted octanol–water partition coefficient (Wildman–Crippen LogP) is 3.03. The van der Waals surface area contributed by atoms with Crippen molar-refractivity contribution in [2.24, 2.45) is 0 Å². The van der Waals surface area contributed by atoms with Gasteiger partial charge in [0, 0.05) is 24.3 Å². The molecule has 21 heavy (non-hydrogen) atoms. The zero-order chi connectivity index (χ0) is 14.8. The van der Waals surface area contributed by atoms with E-state index < -0.39 is 0 Å². The molecule has 3 nitrogen and oxygen atoms in total. The molecule has 0 bridgehead atoms. The molecule has 0 unspecified atom stereocenters. The Hall–Kier alpha value is -2.36. The lowest BCUT2D eigenvalue weighted by Gasteiger charge is -2.08. The van der Waals surface area contributed by atoms with Crippen molar-refractivity contribution in [1.29, 1.82) is 0 Å². The summed E-state index contributed by atoms with van der Waals surface area (Å²) in [6.07, 6.45) is 0.944. The molecule has 3 rings (SSSR count). The molecule has 0 fully saturated rings. The Kier molecular flexibility index (Phi) is 3.60. The van der Waals surface area contributed by atoms with Crippen molar-refractivity contribution < 1.29 is 9.18 Å². The highest BCUT2D eigenvalue weighted by Crippen LogP contribution is 2.23. The maximum absolute atomic E-state index is 13.5. The molecule has 1 heterocycles. The molecule has 0 aliphatic carbocycles. The van der Waals surface area contributed by atoms with E-state index in [1.165, 1.54) is 11.6 Å². The standard InChI is InChI=1S/C17H17FN2O/c1-11-2-3-12(8-15(11)18)10-20-17(21)14-4-5-16-13(9-14)6-7-19-16/h2-5,8-9,19H,6-7,10H2,1H3,(H,20,21). The van der Waals surface area contributed by atoms with E-state index >= 15 is 0 Å². The number of carbonyl (C=O) groups excluding carboxylic acids is 1. The molecule has 2 aromatic carbocycles. The van der Waals surface area contributed by atoms with Crippen LogP contribution in [-0.2, 0) is 13.0 Å². The van der Waals surface area contributed by atoms with Gasteiger partial charge < -0.3 is 10.6 Å². The second kappa shape index (κ2) is 5.56. The largest absolute Gasteiger partial charge is 0.384 e.